The summed E-state index contributed by atoms with van der Waals surface area (Å²) in [6.07, 6.45) is 0. The lowest BCUT2D eigenvalue weighted by Gasteiger charge is -2.26. The second-order valence-electron chi connectivity index (χ2n) is 6.88. The van der Waals surface area contributed by atoms with Crippen LogP contribution in [0.25, 0.3) is 0 Å². The maximum Gasteiger partial charge on any atom is 0.214 e. The van der Waals surface area contributed by atoms with E-state index in [4.69, 9.17) is 11.6 Å². The summed E-state index contributed by atoms with van der Waals surface area (Å²) < 4.78 is 1.67. The molecule has 1 aromatic heterocycles. The van der Waals surface area contributed by atoms with Crippen LogP contribution in [0.4, 0.5) is 5.69 Å². The van der Waals surface area contributed by atoms with Gasteiger partial charge in [0.1, 0.15) is 5.69 Å². The van der Waals surface area contributed by atoms with Gasteiger partial charge < -0.3 is 5.43 Å². The lowest BCUT2D eigenvalue weighted by Crippen LogP contribution is -2.42. The van der Waals surface area contributed by atoms with Gasteiger partial charge >= 0.3 is 0 Å². The molecule has 0 aliphatic carbocycles. The van der Waals surface area contributed by atoms with Crippen LogP contribution in [0.3, 0.4) is 0 Å². The number of carbonyl (C=O) groups is 1. The third-order valence-electron chi connectivity index (χ3n) is 3.61. The van der Waals surface area contributed by atoms with Gasteiger partial charge in [-0.25, -0.2) is 5.01 Å². The first kappa shape index (κ1) is 19.0. The number of hydrogen-bond donors (Lipinski definition) is 1. The summed E-state index contributed by atoms with van der Waals surface area (Å²) in [4.78, 5) is 13.0. The Balaban J connectivity index is 2.29. The highest BCUT2D eigenvalue weighted by Gasteiger charge is 2.30. The Morgan fingerprint density at radius 3 is 2.64 bits per heavy atom. The Labute approximate surface area is 153 Å². The molecule has 0 bridgehead atoms. The van der Waals surface area contributed by atoms with E-state index in [1.807, 2.05) is 33.8 Å². The summed E-state index contributed by atoms with van der Waals surface area (Å²) in [5.74, 6) is -0.310. The standard InChI is InChI=1S/C18H22ClN5O/c1-12-9-15(24(21-12)18(2,3)4)17(25)16(11-20)23(5)22-14-8-6-7-13(19)10-14/h6-10,16,22H,1-5H3. The zero-order valence-electron chi connectivity index (χ0n) is 15.0. The summed E-state index contributed by atoms with van der Waals surface area (Å²) >= 11 is 5.97. The molecule has 0 saturated carbocycles. The topological polar surface area (TPSA) is 74.0 Å². The molecule has 0 fully saturated rings. The number of hydrogen-bond acceptors (Lipinski definition) is 5. The fraction of sp³-hybridized carbons (Fsp3) is 0.389. The number of ketones is 1. The highest BCUT2D eigenvalue weighted by molar-refractivity contribution is 6.30. The number of nitrogens with one attached hydrogen (secondary N) is 1. The maximum atomic E-state index is 13.0. The number of hydrazine groups is 1. The monoisotopic (exact) mass is 359 g/mol. The number of nitrogens with zero attached hydrogens (tertiary/aromatic N) is 4. The number of benzene rings is 1. The molecule has 0 aliphatic heterocycles. The van der Waals surface area contributed by atoms with E-state index in [-0.39, 0.29) is 11.3 Å². The number of aromatic nitrogens is 2. The van der Waals surface area contributed by atoms with Gasteiger partial charge in [-0.15, -0.1) is 0 Å². The second kappa shape index (κ2) is 7.26. The zero-order valence-corrected chi connectivity index (χ0v) is 15.8. The Morgan fingerprint density at radius 2 is 2.08 bits per heavy atom. The first-order valence-corrected chi connectivity index (χ1v) is 8.27. The summed E-state index contributed by atoms with van der Waals surface area (Å²) in [5.41, 5.74) is 4.51. The predicted molar refractivity (Wildman–Crippen MR) is 98.5 cm³/mol. The number of likely N-dealkylation sites (N-methyl/N-ethyl adjacent to an activating group) is 1. The van der Waals surface area contributed by atoms with Crippen molar-refractivity contribution in [3.05, 3.63) is 46.7 Å². The third kappa shape index (κ3) is 4.38. The molecule has 0 amide bonds. The van der Waals surface area contributed by atoms with Gasteiger partial charge in [0.15, 0.2) is 6.04 Å². The van der Waals surface area contributed by atoms with Crippen LogP contribution in [0.1, 0.15) is 37.0 Å². The SMILES string of the molecule is Cc1cc(C(=O)C(C#N)N(C)Nc2cccc(Cl)c2)n(C(C)(C)C)n1. The lowest BCUT2D eigenvalue weighted by molar-refractivity contribution is 0.0897. The summed E-state index contributed by atoms with van der Waals surface area (Å²) in [7, 11) is 1.65. The number of nitriles is 1. The van der Waals surface area contributed by atoms with E-state index in [0.29, 0.717) is 16.4 Å². The van der Waals surface area contributed by atoms with Gasteiger partial charge in [-0.2, -0.15) is 10.4 Å². The first-order chi connectivity index (χ1) is 11.6. The fourth-order valence-electron chi connectivity index (χ4n) is 2.47. The van der Waals surface area contributed by atoms with Crippen molar-refractivity contribution >= 4 is 23.1 Å². The van der Waals surface area contributed by atoms with E-state index >= 15 is 0 Å². The molecule has 2 rings (SSSR count). The van der Waals surface area contributed by atoms with Crippen molar-refractivity contribution in [3.8, 4) is 6.07 Å². The van der Waals surface area contributed by atoms with Crippen LogP contribution in [0.5, 0.6) is 0 Å². The smallest absolute Gasteiger partial charge is 0.214 e. The highest BCUT2D eigenvalue weighted by atomic mass is 35.5. The average Bonchev–Trinajstić information content (AvgIpc) is 2.90. The van der Waals surface area contributed by atoms with Crippen molar-refractivity contribution in [2.45, 2.75) is 39.3 Å². The van der Waals surface area contributed by atoms with Crippen molar-refractivity contribution in [1.29, 1.82) is 5.26 Å². The number of Topliss-reactive ketones (excluding diaryl/α,β-unsaturated/α-hetero) is 1. The molecule has 0 radical (unpaired) electrons. The Morgan fingerprint density at radius 1 is 1.40 bits per heavy atom. The molecule has 0 spiro atoms. The van der Waals surface area contributed by atoms with Gasteiger partial charge in [0.25, 0.3) is 0 Å². The minimum Gasteiger partial charge on any atom is -0.317 e. The van der Waals surface area contributed by atoms with Crippen molar-refractivity contribution in [1.82, 2.24) is 14.8 Å². The van der Waals surface area contributed by atoms with Crippen LogP contribution in [0.2, 0.25) is 5.02 Å². The van der Waals surface area contributed by atoms with Gasteiger partial charge in [0.2, 0.25) is 5.78 Å². The minimum atomic E-state index is -1.00. The van der Waals surface area contributed by atoms with E-state index < -0.39 is 6.04 Å². The van der Waals surface area contributed by atoms with Crippen LogP contribution in [-0.2, 0) is 5.54 Å². The number of anilines is 1. The largest absolute Gasteiger partial charge is 0.317 e. The Bertz CT molecular complexity index is 816. The molecule has 1 aromatic carbocycles. The number of halogens is 1. The Hall–Kier alpha value is -2.36. The third-order valence-corrected chi connectivity index (χ3v) is 3.84. The normalized spacial score (nSPS) is 12.7. The Kier molecular flexibility index (Phi) is 5.51. The first-order valence-electron chi connectivity index (χ1n) is 7.89. The fourth-order valence-corrected chi connectivity index (χ4v) is 2.66. The number of carbonyl (C=O) groups excluding carboxylic acids is 1. The molecule has 1 heterocycles. The number of aryl methyl sites for hydroxylation is 1. The summed E-state index contributed by atoms with van der Waals surface area (Å²) in [6.45, 7) is 7.72. The summed E-state index contributed by atoms with van der Waals surface area (Å²) in [6, 6.07) is 9.85. The predicted octanol–water partition coefficient (Wildman–Crippen LogP) is 3.63. The van der Waals surface area contributed by atoms with E-state index in [1.54, 1.807) is 36.0 Å². The molecular weight excluding hydrogens is 338 g/mol. The van der Waals surface area contributed by atoms with Gasteiger partial charge in [-0.3, -0.25) is 9.48 Å². The molecule has 6 nitrogen and oxygen atoms in total. The zero-order chi connectivity index (χ0) is 18.8. The summed E-state index contributed by atoms with van der Waals surface area (Å²) in [5, 5.41) is 16.0. The quantitative estimate of drug-likeness (QED) is 0.651. The highest BCUT2D eigenvalue weighted by Crippen LogP contribution is 2.20. The van der Waals surface area contributed by atoms with Gasteiger partial charge in [0, 0.05) is 12.1 Å². The molecule has 0 saturated heterocycles. The van der Waals surface area contributed by atoms with Crippen LogP contribution < -0.4 is 5.43 Å². The van der Waals surface area contributed by atoms with Crippen LogP contribution >= 0.6 is 11.6 Å². The van der Waals surface area contributed by atoms with Crippen molar-refractivity contribution < 1.29 is 4.79 Å². The van der Waals surface area contributed by atoms with Crippen LogP contribution in [0, 0.1) is 18.3 Å². The molecular formula is C18H22ClN5O. The molecule has 0 aliphatic rings. The number of rotatable bonds is 5. The molecule has 25 heavy (non-hydrogen) atoms. The molecule has 1 unspecified atom stereocenters. The molecule has 2 aromatic rings. The van der Waals surface area contributed by atoms with E-state index in [1.165, 1.54) is 5.01 Å². The van der Waals surface area contributed by atoms with E-state index in [2.05, 4.69) is 16.6 Å². The van der Waals surface area contributed by atoms with Gasteiger partial charge in [-0.05, 0) is 52.0 Å². The van der Waals surface area contributed by atoms with Crippen molar-refractivity contribution in [3.63, 3.8) is 0 Å². The van der Waals surface area contributed by atoms with Crippen molar-refractivity contribution in [2.75, 3.05) is 12.5 Å². The van der Waals surface area contributed by atoms with E-state index in [0.717, 1.165) is 5.69 Å². The average molecular weight is 360 g/mol. The van der Waals surface area contributed by atoms with Crippen molar-refractivity contribution in [2.24, 2.45) is 0 Å². The maximum absolute atomic E-state index is 13.0. The lowest BCUT2D eigenvalue weighted by atomic mass is 10.1. The minimum absolute atomic E-state index is 0.310. The second-order valence-corrected chi connectivity index (χ2v) is 7.32. The molecule has 7 heteroatoms. The van der Waals surface area contributed by atoms with Crippen LogP contribution in [0.15, 0.2) is 30.3 Å². The molecule has 132 valence electrons. The van der Waals surface area contributed by atoms with Gasteiger partial charge in [-0.1, -0.05) is 17.7 Å². The molecule has 1 N–H and O–H groups in total. The van der Waals surface area contributed by atoms with Crippen LogP contribution in [-0.4, -0.2) is 33.7 Å². The molecule has 1 atom stereocenters. The van der Waals surface area contributed by atoms with E-state index in [9.17, 15) is 10.1 Å². The van der Waals surface area contributed by atoms with Gasteiger partial charge in [0.05, 0.1) is 23.0 Å².